The molecule has 1 aromatic rings. The molecule has 90 valence electrons. The van der Waals surface area contributed by atoms with Crippen LogP contribution in [0, 0.1) is 0 Å². The molecule has 0 atom stereocenters. The molecular formula is C9H11ClO4S2. The number of rotatable bonds is 4. The van der Waals surface area contributed by atoms with Crippen LogP contribution in [0.15, 0.2) is 10.3 Å². The fraction of sp³-hybridized carbons (Fsp3) is 0.444. The van der Waals surface area contributed by atoms with Gasteiger partial charge in [0.15, 0.2) is 0 Å². The molecule has 16 heavy (non-hydrogen) atoms. The Morgan fingerprint density at radius 2 is 2.19 bits per heavy atom. The highest BCUT2D eigenvalue weighted by atomic mass is 35.7. The van der Waals surface area contributed by atoms with Crippen molar-refractivity contribution in [2.45, 2.75) is 24.7 Å². The van der Waals surface area contributed by atoms with Gasteiger partial charge in [0.1, 0.15) is 4.90 Å². The monoisotopic (exact) mass is 282 g/mol. The van der Waals surface area contributed by atoms with E-state index >= 15 is 0 Å². The molecule has 0 amide bonds. The van der Waals surface area contributed by atoms with Gasteiger partial charge in [0.2, 0.25) is 0 Å². The summed E-state index contributed by atoms with van der Waals surface area (Å²) in [4.78, 5) is 11.9. The van der Waals surface area contributed by atoms with Crippen molar-refractivity contribution >= 4 is 37.0 Å². The summed E-state index contributed by atoms with van der Waals surface area (Å²) < 4.78 is 27.3. The first-order valence-electron chi connectivity index (χ1n) is 4.55. The molecule has 7 heteroatoms. The minimum atomic E-state index is -3.92. The van der Waals surface area contributed by atoms with Crippen LogP contribution in [0.3, 0.4) is 0 Å². The lowest BCUT2D eigenvalue weighted by atomic mass is 10.2. The van der Waals surface area contributed by atoms with Crippen molar-refractivity contribution in [3.05, 3.63) is 15.8 Å². The normalized spacial score (nSPS) is 11.4. The average molecular weight is 283 g/mol. The van der Waals surface area contributed by atoms with Crippen LogP contribution in [0.25, 0.3) is 0 Å². The van der Waals surface area contributed by atoms with Crippen LogP contribution in [0.1, 0.15) is 28.6 Å². The van der Waals surface area contributed by atoms with Crippen LogP contribution < -0.4 is 0 Å². The van der Waals surface area contributed by atoms with Gasteiger partial charge in [-0.1, -0.05) is 13.3 Å². The van der Waals surface area contributed by atoms with Crippen LogP contribution in [0.2, 0.25) is 0 Å². The van der Waals surface area contributed by atoms with Gasteiger partial charge in [-0.2, -0.15) is 0 Å². The number of methoxy groups -OCH3 is 1. The van der Waals surface area contributed by atoms with Crippen molar-refractivity contribution in [2.24, 2.45) is 0 Å². The number of esters is 1. The molecule has 0 N–H and O–H groups in total. The van der Waals surface area contributed by atoms with E-state index < -0.39 is 15.0 Å². The van der Waals surface area contributed by atoms with E-state index in [-0.39, 0.29) is 10.5 Å². The second-order valence-electron chi connectivity index (χ2n) is 3.08. The summed E-state index contributed by atoms with van der Waals surface area (Å²) in [6.45, 7) is 1.92. The van der Waals surface area contributed by atoms with Crippen molar-refractivity contribution in [2.75, 3.05) is 7.11 Å². The predicted octanol–water partition coefficient (Wildman–Crippen LogP) is 2.41. The number of thiophene rings is 1. The molecular weight excluding hydrogens is 272 g/mol. The first kappa shape index (κ1) is 13.5. The van der Waals surface area contributed by atoms with E-state index in [0.717, 1.165) is 6.42 Å². The molecule has 1 heterocycles. The Hall–Kier alpha value is -0.590. The highest BCUT2D eigenvalue weighted by molar-refractivity contribution is 8.14. The Bertz CT molecular complexity index is 490. The molecule has 4 nitrogen and oxygen atoms in total. The van der Waals surface area contributed by atoms with Gasteiger partial charge in [0.05, 0.1) is 12.7 Å². The van der Waals surface area contributed by atoms with Crippen LogP contribution in [-0.4, -0.2) is 21.5 Å². The van der Waals surface area contributed by atoms with Crippen LogP contribution >= 0.6 is 22.0 Å². The lowest BCUT2D eigenvalue weighted by Crippen LogP contribution is -2.06. The maximum Gasteiger partial charge on any atom is 0.340 e. The average Bonchev–Trinajstić information content (AvgIpc) is 2.60. The molecule has 0 saturated heterocycles. The van der Waals surface area contributed by atoms with Gasteiger partial charge < -0.3 is 4.74 Å². The largest absolute Gasteiger partial charge is 0.465 e. The summed E-state index contributed by atoms with van der Waals surface area (Å²) in [5.41, 5.74) is 0.0194. The molecule has 0 bridgehead atoms. The number of ether oxygens (including phenoxy) is 1. The van der Waals surface area contributed by atoms with Gasteiger partial charge in [-0.3, -0.25) is 0 Å². The number of hydrogen-bond acceptors (Lipinski definition) is 5. The van der Waals surface area contributed by atoms with Gasteiger partial charge in [-0.15, -0.1) is 11.3 Å². The van der Waals surface area contributed by atoms with Gasteiger partial charge >= 0.3 is 5.97 Å². The highest BCUT2D eigenvalue weighted by Gasteiger charge is 2.26. The van der Waals surface area contributed by atoms with Gasteiger partial charge in [0.25, 0.3) is 9.05 Å². The minimum Gasteiger partial charge on any atom is -0.465 e. The van der Waals surface area contributed by atoms with Crippen molar-refractivity contribution in [3.8, 4) is 0 Å². The quantitative estimate of drug-likeness (QED) is 0.628. The van der Waals surface area contributed by atoms with Crippen molar-refractivity contribution < 1.29 is 17.9 Å². The number of aryl methyl sites for hydroxylation is 1. The lowest BCUT2D eigenvalue weighted by Gasteiger charge is -2.01. The maximum atomic E-state index is 11.4. The summed E-state index contributed by atoms with van der Waals surface area (Å²) in [6, 6.07) is 0. The molecule has 1 aromatic heterocycles. The first-order valence-corrected chi connectivity index (χ1v) is 7.74. The Morgan fingerprint density at radius 3 is 2.62 bits per heavy atom. The maximum absolute atomic E-state index is 11.4. The summed E-state index contributed by atoms with van der Waals surface area (Å²) in [5.74, 6) is -0.683. The smallest absolute Gasteiger partial charge is 0.340 e. The lowest BCUT2D eigenvalue weighted by molar-refractivity contribution is 0.0597. The third-order valence-electron chi connectivity index (χ3n) is 1.94. The van der Waals surface area contributed by atoms with Crippen LogP contribution in [0.4, 0.5) is 0 Å². The molecule has 0 aliphatic carbocycles. The van der Waals surface area contributed by atoms with E-state index in [4.69, 9.17) is 10.7 Å². The molecule has 0 aliphatic heterocycles. The second kappa shape index (κ2) is 5.16. The fourth-order valence-corrected chi connectivity index (χ4v) is 4.31. The number of carbonyl (C=O) groups is 1. The predicted molar refractivity (Wildman–Crippen MR) is 62.7 cm³/mol. The molecule has 0 aromatic carbocycles. The van der Waals surface area contributed by atoms with Gasteiger partial charge in [-0.05, 0) is 6.42 Å². The molecule has 1 rings (SSSR count). The third-order valence-corrected chi connectivity index (χ3v) is 4.54. The summed E-state index contributed by atoms with van der Waals surface area (Å²) >= 11 is 1.21. The number of carbonyl (C=O) groups excluding carboxylic acids is 1. The van der Waals surface area contributed by atoms with E-state index in [9.17, 15) is 13.2 Å². The summed E-state index contributed by atoms with van der Waals surface area (Å²) in [6.07, 6.45) is 1.35. The van der Waals surface area contributed by atoms with E-state index in [1.165, 1.54) is 23.8 Å². The summed E-state index contributed by atoms with van der Waals surface area (Å²) in [7, 11) is 2.60. The number of hydrogen-bond donors (Lipinski definition) is 0. The van der Waals surface area contributed by atoms with Crippen LogP contribution in [0.5, 0.6) is 0 Å². The van der Waals surface area contributed by atoms with E-state index in [2.05, 4.69) is 4.74 Å². The standard InChI is InChI=1S/C9H11ClO4S2/c1-3-4-7-8(16(10,12)13)6(5-15-7)9(11)14-2/h5H,3-4H2,1-2H3. The summed E-state index contributed by atoms with van der Waals surface area (Å²) in [5, 5.41) is 1.46. The highest BCUT2D eigenvalue weighted by Crippen LogP contribution is 2.31. The van der Waals surface area contributed by atoms with Crippen molar-refractivity contribution in [1.29, 1.82) is 0 Å². The topological polar surface area (TPSA) is 60.4 Å². The molecule has 0 saturated carbocycles. The van der Waals surface area contributed by atoms with Gasteiger partial charge in [-0.25, -0.2) is 13.2 Å². The molecule has 0 aliphatic rings. The molecule has 0 unspecified atom stereocenters. The Kier molecular flexibility index (Phi) is 4.35. The molecule has 0 fully saturated rings. The van der Waals surface area contributed by atoms with E-state index in [1.807, 2.05) is 6.92 Å². The Balaban J connectivity index is 3.37. The zero-order chi connectivity index (χ0) is 12.3. The first-order chi connectivity index (χ1) is 7.41. The minimum absolute atomic E-state index is 0.0194. The Morgan fingerprint density at radius 1 is 1.56 bits per heavy atom. The third kappa shape index (κ3) is 2.75. The Labute approximate surface area is 103 Å². The molecule has 0 spiro atoms. The SMILES string of the molecule is CCCc1scc(C(=O)OC)c1S(=O)(=O)Cl. The number of halogens is 1. The van der Waals surface area contributed by atoms with Crippen molar-refractivity contribution in [1.82, 2.24) is 0 Å². The fourth-order valence-electron chi connectivity index (χ4n) is 1.30. The van der Waals surface area contributed by atoms with Gasteiger partial charge in [0, 0.05) is 20.9 Å². The van der Waals surface area contributed by atoms with E-state index in [0.29, 0.717) is 11.3 Å². The zero-order valence-electron chi connectivity index (χ0n) is 8.82. The van der Waals surface area contributed by atoms with Crippen molar-refractivity contribution in [3.63, 3.8) is 0 Å². The van der Waals surface area contributed by atoms with E-state index in [1.54, 1.807) is 0 Å². The zero-order valence-corrected chi connectivity index (χ0v) is 11.2. The second-order valence-corrected chi connectivity index (χ2v) is 6.55. The molecule has 0 radical (unpaired) electrons. The van der Waals surface area contributed by atoms with Crippen LogP contribution in [-0.2, 0) is 20.2 Å².